The van der Waals surface area contributed by atoms with E-state index in [1.54, 1.807) is 25.3 Å². The highest BCUT2D eigenvalue weighted by Gasteiger charge is 2.34. The highest BCUT2D eigenvalue weighted by atomic mass is 32.2. The van der Waals surface area contributed by atoms with Gasteiger partial charge in [-0.25, -0.2) is 0 Å². The summed E-state index contributed by atoms with van der Waals surface area (Å²) in [6.07, 6.45) is 2.36. The molecule has 2 aromatic rings. The first-order chi connectivity index (χ1) is 13.1. The predicted octanol–water partition coefficient (Wildman–Crippen LogP) is 4.37. The molecule has 1 saturated heterocycles. The van der Waals surface area contributed by atoms with Gasteiger partial charge in [-0.05, 0) is 54.4 Å². The lowest BCUT2D eigenvalue weighted by Gasteiger charge is -2.12. The van der Waals surface area contributed by atoms with Crippen molar-refractivity contribution in [2.75, 3.05) is 20.3 Å². The van der Waals surface area contributed by atoms with Gasteiger partial charge in [-0.2, -0.15) is 0 Å². The fraction of sp³-hybridized carbons (Fsp3) is 0.238. The van der Waals surface area contributed by atoms with Gasteiger partial charge in [0, 0.05) is 6.54 Å². The lowest BCUT2D eigenvalue weighted by molar-refractivity contribution is -0.122. The molecule has 140 valence electrons. The first-order valence-electron chi connectivity index (χ1n) is 8.72. The van der Waals surface area contributed by atoms with Gasteiger partial charge in [-0.15, -0.1) is 0 Å². The van der Waals surface area contributed by atoms with Crippen molar-refractivity contribution in [1.82, 2.24) is 4.90 Å². The van der Waals surface area contributed by atoms with Gasteiger partial charge in [-0.3, -0.25) is 14.5 Å². The third kappa shape index (κ3) is 4.52. The number of hydrogen-bond donors (Lipinski definition) is 0. The van der Waals surface area contributed by atoms with E-state index < -0.39 is 0 Å². The smallest absolute Gasteiger partial charge is 0.293 e. The van der Waals surface area contributed by atoms with E-state index in [2.05, 4.69) is 0 Å². The van der Waals surface area contributed by atoms with E-state index in [0.717, 1.165) is 22.9 Å². The van der Waals surface area contributed by atoms with Crippen molar-refractivity contribution in [3.8, 4) is 11.5 Å². The summed E-state index contributed by atoms with van der Waals surface area (Å²) in [5.74, 6) is 0.982. The standard InChI is InChI=1S/C21H21NO4S/c1-3-26-17-10-9-16(13-18(17)25-2)14-19-20(23)22(21(24)27-19)12-11-15-7-5-4-6-8-15/h4-10,13-14H,3,11-12H2,1-2H3/b19-14-. The number of amides is 2. The van der Waals surface area contributed by atoms with E-state index in [-0.39, 0.29) is 11.1 Å². The van der Waals surface area contributed by atoms with Crippen LogP contribution in [-0.2, 0) is 11.2 Å². The maximum Gasteiger partial charge on any atom is 0.293 e. The van der Waals surface area contributed by atoms with Crippen LogP contribution in [0.3, 0.4) is 0 Å². The highest BCUT2D eigenvalue weighted by Crippen LogP contribution is 2.34. The number of ether oxygens (including phenoxy) is 2. The van der Waals surface area contributed by atoms with Crippen molar-refractivity contribution in [3.05, 3.63) is 64.6 Å². The summed E-state index contributed by atoms with van der Waals surface area (Å²) in [6, 6.07) is 15.2. The van der Waals surface area contributed by atoms with Crippen LogP contribution in [0.1, 0.15) is 18.1 Å². The van der Waals surface area contributed by atoms with Crippen LogP contribution in [-0.4, -0.2) is 36.3 Å². The van der Waals surface area contributed by atoms with Gasteiger partial charge in [0.15, 0.2) is 11.5 Å². The van der Waals surface area contributed by atoms with Crippen LogP contribution >= 0.6 is 11.8 Å². The minimum absolute atomic E-state index is 0.236. The molecule has 1 aliphatic rings. The van der Waals surface area contributed by atoms with E-state index in [0.29, 0.717) is 36.0 Å². The van der Waals surface area contributed by atoms with E-state index in [1.165, 1.54) is 4.90 Å². The average molecular weight is 383 g/mol. The SMILES string of the molecule is CCOc1ccc(/C=C2\SC(=O)N(CCc3ccccc3)C2=O)cc1OC. The average Bonchev–Trinajstić information content (AvgIpc) is 2.95. The number of carbonyl (C=O) groups excluding carboxylic acids is 2. The molecule has 0 N–H and O–H groups in total. The molecule has 2 aromatic carbocycles. The molecule has 2 amide bonds. The van der Waals surface area contributed by atoms with Crippen molar-refractivity contribution in [1.29, 1.82) is 0 Å². The van der Waals surface area contributed by atoms with Crippen molar-refractivity contribution >= 4 is 29.0 Å². The van der Waals surface area contributed by atoms with Crippen molar-refractivity contribution in [3.63, 3.8) is 0 Å². The zero-order valence-corrected chi connectivity index (χ0v) is 16.1. The lowest BCUT2D eigenvalue weighted by atomic mass is 10.1. The normalized spacial score (nSPS) is 15.5. The minimum Gasteiger partial charge on any atom is -0.493 e. The molecule has 0 unspecified atom stereocenters. The molecule has 1 aliphatic heterocycles. The Labute approximate surface area is 163 Å². The molecule has 0 aromatic heterocycles. The molecule has 0 aliphatic carbocycles. The molecule has 27 heavy (non-hydrogen) atoms. The molecule has 3 rings (SSSR count). The topological polar surface area (TPSA) is 55.8 Å². The number of thioether (sulfide) groups is 1. The third-order valence-corrected chi connectivity index (χ3v) is 5.03. The number of hydrogen-bond acceptors (Lipinski definition) is 5. The van der Waals surface area contributed by atoms with Crippen molar-refractivity contribution in [2.24, 2.45) is 0 Å². The quantitative estimate of drug-likeness (QED) is 0.665. The van der Waals surface area contributed by atoms with Crippen molar-refractivity contribution < 1.29 is 19.1 Å². The number of benzene rings is 2. The second-order valence-electron chi connectivity index (χ2n) is 5.91. The van der Waals surface area contributed by atoms with E-state index in [4.69, 9.17) is 9.47 Å². The molecular weight excluding hydrogens is 362 g/mol. The van der Waals surface area contributed by atoms with Gasteiger partial charge >= 0.3 is 0 Å². The van der Waals surface area contributed by atoms with Crippen molar-refractivity contribution in [2.45, 2.75) is 13.3 Å². The Morgan fingerprint density at radius 2 is 1.85 bits per heavy atom. The molecule has 6 heteroatoms. The van der Waals surface area contributed by atoms with E-state index in [9.17, 15) is 9.59 Å². The van der Waals surface area contributed by atoms with Gasteiger partial charge in [0.25, 0.3) is 11.1 Å². The van der Waals surface area contributed by atoms with Gasteiger partial charge in [-0.1, -0.05) is 36.4 Å². The van der Waals surface area contributed by atoms with Crippen LogP contribution in [0.15, 0.2) is 53.4 Å². The van der Waals surface area contributed by atoms with Crippen LogP contribution in [0.2, 0.25) is 0 Å². The zero-order chi connectivity index (χ0) is 19.2. The van der Waals surface area contributed by atoms with E-state index in [1.807, 2.05) is 43.3 Å². The second kappa shape index (κ2) is 8.77. The summed E-state index contributed by atoms with van der Waals surface area (Å²) in [6.45, 7) is 2.81. The third-order valence-electron chi connectivity index (χ3n) is 4.13. The summed E-state index contributed by atoms with van der Waals surface area (Å²) in [5, 5.41) is -0.236. The molecule has 0 bridgehead atoms. The predicted molar refractivity (Wildman–Crippen MR) is 107 cm³/mol. The van der Waals surface area contributed by atoms with Crippen LogP contribution in [0.4, 0.5) is 4.79 Å². The Morgan fingerprint density at radius 3 is 2.56 bits per heavy atom. The molecule has 1 fully saturated rings. The first kappa shape index (κ1) is 19.0. The summed E-state index contributed by atoms with van der Waals surface area (Å²) in [7, 11) is 1.57. The molecule has 1 heterocycles. The first-order valence-corrected chi connectivity index (χ1v) is 9.54. The van der Waals surface area contributed by atoms with Gasteiger partial charge in [0.2, 0.25) is 0 Å². The summed E-state index contributed by atoms with van der Waals surface area (Å²) >= 11 is 0.966. The molecule has 0 spiro atoms. The fourth-order valence-corrected chi connectivity index (χ4v) is 3.64. The van der Waals surface area contributed by atoms with Gasteiger partial charge in [0.1, 0.15) is 0 Å². The Morgan fingerprint density at radius 1 is 1.07 bits per heavy atom. The molecule has 0 saturated carbocycles. The molecule has 0 radical (unpaired) electrons. The summed E-state index contributed by atoms with van der Waals surface area (Å²) in [4.78, 5) is 26.6. The zero-order valence-electron chi connectivity index (χ0n) is 15.3. The lowest BCUT2D eigenvalue weighted by Crippen LogP contribution is -2.30. The van der Waals surface area contributed by atoms with Gasteiger partial charge < -0.3 is 9.47 Å². The minimum atomic E-state index is -0.256. The van der Waals surface area contributed by atoms with E-state index >= 15 is 0 Å². The number of rotatable bonds is 7. The molecule has 5 nitrogen and oxygen atoms in total. The Hall–Kier alpha value is -2.73. The number of nitrogens with zero attached hydrogens (tertiary/aromatic N) is 1. The maximum absolute atomic E-state index is 12.6. The van der Waals surface area contributed by atoms with Crippen LogP contribution in [0, 0.1) is 0 Å². The Kier molecular flexibility index (Phi) is 6.19. The van der Waals surface area contributed by atoms with Crippen LogP contribution in [0.25, 0.3) is 6.08 Å². The number of carbonyl (C=O) groups is 2. The summed E-state index contributed by atoms with van der Waals surface area (Å²) in [5.41, 5.74) is 1.88. The second-order valence-corrected chi connectivity index (χ2v) is 6.91. The summed E-state index contributed by atoms with van der Waals surface area (Å²) < 4.78 is 10.8. The Balaban J connectivity index is 1.74. The number of imide groups is 1. The largest absolute Gasteiger partial charge is 0.493 e. The highest BCUT2D eigenvalue weighted by molar-refractivity contribution is 8.18. The van der Waals surface area contributed by atoms with Crippen LogP contribution < -0.4 is 9.47 Å². The fourth-order valence-electron chi connectivity index (χ4n) is 2.78. The monoisotopic (exact) mass is 383 g/mol. The molecule has 0 atom stereocenters. The maximum atomic E-state index is 12.6. The van der Waals surface area contributed by atoms with Crippen LogP contribution in [0.5, 0.6) is 11.5 Å². The Bertz CT molecular complexity index is 864. The molecular formula is C21H21NO4S. The number of methoxy groups -OCH3 is 1. The van der Waals surface area contributed by atoms with Gasteiger partial charge in [0.05, 0.1) is 18.6 Å².